The van der Waals surface area contributed by atoms with Gasteiger partial charge < -0.3 is 5.32 Å². The van der Waals surface area contributed by atoms with Gasteiger partial charge in [-0.1, -0.05) is 0 Å². The topological polar surface area (TPSA) is 65.7 Å². The van der Waals surface area contributed by atoms with Crippen molar-refractivity contribution >= 4 is 5.82 Å². The molecule has 1 fully saturated rings. The van der Waals surface area contributed by atoms with E-state index in [2.05, 4.69) is 15.7 Å². The Hall–Kier alpha value is -1.54. The quantitative estimate of drug-likeness (QED) is 0.472. The van der Waals surface area contributed by atoms with Gasteiger partial charge in [-0.2, -0.15) is 10.4 Å². The minimum Gasteiger partial charge on any atom is -0.312 e. The molecule has 62 valence electrons. The first-order valence-corrected chi connectivity index (χ1v) is 3.81. The summed E-state index contributed by atoms with van der Waals surface area (Å²) in [6, 6.07) is 2.19. The third kappa shape index (κ3) is 1.02. The van der Waals surface area contributed by atoms with Gasteiger partial charge in [0.25, 0.3) is 0 Å². The molecule has 2 heterocycles. The van der Waals surface area contributed by atoms with Crippen LogP contribution >= 0.6 is 0 Å². The van der Waals surface area contributed by atoms with Crippen LogP contribution in [0.1, 0.15) is 6.04 Å². The lowest BCUT2D eigenvalue weighted by molar-refractivity contribution is 0.322. The summed E-state index contributed by atoms with van der Waals surface area (Å²) in [5.74, 6) is 0.768. The molecule has 1 aromatic rings. The normalized spacial score (nSPS) is 16.6. The molecule has 1 aromatic heterocycles. The molecule has 0 bridgehead atoms. The predicted octanol–water partition coefficient (Wildman–Crippen LogP) is -0.0796. The summed E-state index contributed by atoms with van der Waals surface area (Å²) in [4.78, 5) is 0. The van der Waals surface area contributed by atoms with Gasteiger partial charge in [-0.15, -0.1) is 0 Å². The minimum atomic E-state index is 0.399. The third-order valence-electron chi connectivity index (χ3n) is 1.96. The monoisotopic (exact) mass is 163 g/mol. The fourth-order valence-corrected chi connectivity index (χ4v) is 1.21. The van der Waals surface area contributed by atoms with Crippen LogP contribution < -0.4 is 10.6 Å². The highest BCUT2D eigenvalue weighted by molar-refractivity contribution is 5.38. The second-order valence-electron chi connectivity index (χ2n) is 2.71. The van der Waals surface area contributed by atoms with Gasteiger partial charge in [0.15, 0.2) is 6.19 Å². The Balaban J connectivity index is 2.19. The standard InChI is InChI=1S/C7H9N5/c8-5-10-7-1-2-11-12(7)6-3-9-4-6/h1-2,6,9-10H,3-4H2. The van der Waals surface area contributed by atoms with Crippen LogP contribution in [0.25, 0.3) is 0 Å². The highest BCUT2D eigenvalue weighted by Crippen LogP contribution is 2.16. The summed E-state index contributed by atoms with van der Waals surface area (Å²) in [5, 5.41) is 18.3. The smallest absolute Gasteiger partial charge is 0.182 e. The molecule has 0 radical (unpaired) electrons. The number of nitrogens with zero attached hydrogens (tertiary/aromatic N) is 3. The van der Waals surface area contributed by atoms with E-state index >= 15 is 0 Å². The van der Waals surface area contributed by atoms with Crippen LogP contribution in [0.15, 0.2) is 12.3 Å². The molecule has 0 spiro atoms. The highest BCUT2D eigenvalue weighted by Gasteiger charge is 2.21. The lowest BCUT2D eigenvalue weighted by Gasteiger charge is -2.28. The molecule has 5 nitrogen and oxygen atoms in total. The molecular weight excluding hydrogens is 154 g/mol. The molecule has 12 heavy (non-hydrogen) atoms. The lowest BCUT2D eigenvalue weighted by Crippen LogP contribution is -2.44. The van der Waals surface area contributed by atoms with Crippen molar-refractivity contribution in [3.05, 3.63) is 12.3 Å². The van der Waals surface area contributed by atoms with Crippen LogP contribution in [0.5, 0.6) is 0 Å². The van der Waals surface area contributed by atoms with Crippen LogP contribution in [0.2, 0.25) is 0 Å². The Kier molecular flexibility index (Phi) is 1.68. The van der Waals surface area contributed by atoms with Gasteiger partial charge in [-0.25, -0.2) is 4.68 Å². The average molecular weight is 163 g/mol. The van der Waals surface area contributed by atoms with Crippen LogP contribution in [-0.4, -0.2) is 22.9 Å². The zero-order valence-electron chi connectivity index (χ0n) is 6.49. The molecule has 2 rings (SSSR count). The van der Waals surface area contributed by atoms with E-state index in [1.807, 2.05) is 10.9 Å². The molecule has 0 aromatic carbocycles. The molecule has 0 aliphatic carbocycles. The summed E-state index contributed by atoms with van der Waals surface area (Å²) >= 11 is 0. The fourth-order valence-electron chi connectivity index (χ4n) is 1.21. The van der Waals surface area contributed by atoms with Gasteiger partial charge in [0.05, 0.1) is 12.2 Å². The maximum atomic E-state index is 8.42. The van der Waals surface area contributed by atoms with E-state index in [-0.39, 0.29) is 0 Å². The van der Waals surface area contributed by atoms with E-state index in [9.17, 15) is 0 Å². The largest absolute Gasteiger partial charge is 0.312 e. The van der Waals surface area contributed by atoms with Gasteiger partial charge in [0.2, 0.25) is 0 Å². The van der Waals surface area contributed by atoms with Crippen LogP contribution in [-0.2, 0) is 0 Å². The number of aromatic nitrogens is 2. The number of anilines is 1. The maximum Gasteiger partial charge on any atom is 0.182 e. The van der Waals surface area contributed by atoms with Crippen molar-refractivity contribution in [1.82, 2.24) is 15.1 Å². The van der Waals surface area contributed by atoms with E-state index in [4.69, 9.17) is 5.26 Å². The van der Waals surface area contributed by atoms with Gasteiger partial charge in [0, 0.05) is 19.2 Å². The van der Waals surface area contributed by atoms with E-state index in [0.717, 1.165) is 18.9 Å². The summed E-state index contributed by atoms with van der Waals surface area (Å²) in [6.45, 7) is 1.86. The summed E-state index contributed by atoms with van der Waals surface area (Å²) < 4.78 is 1.83. The number of nitrogens with one attached hydrogen (secondary N) is 2. The Morgan fingerprint density at radius 3 is 3.17 bits per heavy atom. The van der Waals surface area contributed by atoms with Crippen LogP contribution in [0, 0.1) is 11.5 Å². The molecule has 2 N–H and O–H groups in total. The molecular formula is C7H9N5. The average Bonchev–Trinajstić information content (AvgIpc) is 2.35. The third-order valence-corrected chi connectivity index (χ3v) is 1.96. The Bertz CT molecular complexity index is 306. The van der Waals surface area contributed by atoms with Crippen molar-refractivity contribution in [2.75, 3.05) is 18.4 Å². The van der Waals surface area contributed by atoms with Crippen molar-refractivity contribution in [1.29, 1.82) is 5.26 Å². The van der Waals surface area contributed by atoms with Gasteiger partial charge in [-0.05, 0) is 0 Å². The zero-order valence-corrected chi connectivity index (χ0v) is 6.49. The van der Waals surface area contributed by atoms with Crippen molar-refractivity contribution in [3.63, 3.8) is 0 Å². The van der Waals surface area contributed by atoms with Crippen LogP contribution in [0.4, 0.5) is 5.82 Å². The van der Waals surface area contributed by atoms with Gasteiger partial charge >= 0.3 is 0 Å². The van der Waals surface area contributed by atoms with Crippen molar-refractivity contribution in [2.45, 2.75) is 6.04 Å². The molecule has 0 amide bonds. The predicted molar refractivity (Wildman–Crippen MR) is 43.4 cm³/mol. The molecule has 0 unspecified atom stereocenters. The van der Waals surface area contributed by atoms with Crippen molar-refractivity contribution in [3.8, 4) is 6.19 Å². The Morgan fingerprint density at radius 2 is 2.58 bits per heavy atom. The van der Waals surface area contributed by atoms with E-state index in [0.29, 0.717) is 6.04 Å². The van der Waals surface area contributed by atoms with E-state index in [1.165, 1.54) is 0 Å². The van der Waals surface area contributed by atoms with Gasteiger partial charge in [-0.3, -0.25) is 5.32 Å². The molecule has 0 atom stereocenters. The SMILES string of the molecule is N#CNc1ccnn1C1CNC1. The summed E-state index contributed by atoms with van der Waals surface area (Å²) in [5.41, 5.74) is 0. The number of hydrogen-bond donors (Lipinski definition) is 2. The van der Waals surface area contributed by atoms with Gasteiger partial charge in [0.1, 0.15) is 5.82 Å². The second-order valence-corrected chi connectivity index (χ2v) is 2.71. The summed E-state index contributed by atoms with van der Waals surface area (Å²) in [6.07, 6.45) is 3.57. The molecule has 0 saturated carbocycles. The van der Waals surface area contributed by atoms with Crippen molar-refractivity contribution in [2.24, 2.45) is 0 Å². The maximum absolute atomic E-state index is 8.42. The number of hydrogen-bond acceptors (Lipinski definition) is 4. The number of nitriles is 1. The summed E-state index contributed by atoms with van der Waals surface area (Å²) in [7, 11) is 0. The second kappa shape index (κ2) is 2.83. The van der Waals surface area contributed by atoms with Crippen molar-refractivity contribution < 1.29 is 0 Å². The first-order valence-electron chi connectivity index (χ1n) is 3.81. The Labute approximate surface area is 70.0 Å². The van der Waals surface area contributed by atoms with E-state index < -0.39 is 0 Å². The zero-order chi connectivity index (χ0) is 8.39. The molecule has 1 saturated heterocycles. The van der Waals surface area contributed by atoms with E-state index in [1.54, 1.807) is 12.3 Å². The molecule has 5 heteroatoms. The molecule has 1 aliphatic heterocycles. The molecule has 1 aliphatic rings. The number of rotatable bonds is 2. The highest BCUT2D eigenvalue weighted by atomic mass is 15.4. The van der Waals surface area contributed by atoms with Crippen LogP contribution in [0.3, 0.4) is 0 Å². The lowest BCUT2D eigenvalue weighted by atomic mass is 10.2. The first kappa shape index (κ1) is 7.13. The first-order chi connectivity index (χ1) is 5.92. The fraction of sp³-hybridized carbons (Fsp3) is 0.429. The minimum absolute atomic E-state index is 0.399. The Morgan fingerprint density at radius 1 is 1.75 bits per heavy atom.